The maximum absolute atomic E-state index is 5.52. The quantitative estimate of drug-likeness (QED) is 0.114. The number of nitrogens with zero attached hydrogens (tertiary/aromatic N) is 6. The fourth-order valence-corrected chi connectivity index (χ4v) is 4.06. The van der Waals surface area contributed by atoms with Crippen LogP contribution in [0.15, 0.2) is 119 Å². The molecule has 1 aromatic heterocycles. The Balaban J connectivity index is 1.44. The van der Waals surface area contributed by atoms with Gasteiger partial charge in [0, 0.05) is 11.4 Å². The summed E-state index contributed by atoms with van der Waals surface area (Å²) in [5.41, 5.74) is 9.42. The van der Waals surface area contributed by atoms with Crippen LogP contribution in [0.1, 0.15) is 25.0 Å². The first kappa shape index (κ1) is 28.7. The Morgan fingerprint density at radius 3 is 1.40 bits per heavy atom. The summed E-state index contributed by atoms with van der Waals surface area (Å²) in [6.07, 6.45) is 3.37. The highest BCUT2D eigenvalue weighted by molar-refractivity contribution is 5.81. The van der Waals surface area contributed by atoms with Gasteiger partial charge in [-0.15, -0.1) is 0 Å². The molecular weight excluding hydrogens is 540 g/mol. The Bertz CT molecular complexity index is 1510. The second-order valence-corrected chi connectivity index (χ2v) is 9.03. The van der Waals surface area contributed by atoms with E-state index < -0.39 is 0 Å². The van der Waals surface area contributed by atoms with E-state index in [1.807, 2.05) is 128 Å². The number of aromatic nitrogens is 3. The van der Waals surface area contributed by atoms with Crippen molar-refractivity contribution in [2.75, 3.05) is 29.0 Å². The first-order valence-electron chi connectivity index (χ1n) is 13.9. The molecule has 0 aliphatic rings. The maximum atomic E-state index is 5.52. The molecule has 0 unspecified atom stereocenters. The first-order valence-corrected chi connectivity index (χ1v) is 13.9. The molecule has 0 amide bonds. The van der Waals surface area contributed by atoms with Gasteiger partial charge in [0.15, 0.2) is 0 Å². The van der Waals surface area contributed by atoms with Crippen LogP contribution in [-0.4, -0.2) is 40.6 Å². The van der Waals surface area contributed by atoms with Gasteiger partial charge in [-0.05, 0) is 97.8 Å². The predicted molar refractivity (Wildman–Crippen MR) is 172 cm³/mol. The summed E-state index contributed by atoms with van der Waals surface area (Å²) in [7, 11) is 0. The minimum absolute atomic E-state index is 0.239. The van der Waals surface area contributed by atoms with E-state index in [1.165, 1.54) is 0 Å². The van der Waals surface area contributed by atoms with Crippen molar-refractivity contribution in [3.05, 3.63) is 120 Å². The lowest BCUT2D eigenvalue weighted by atomic mass is 10.2. The number of benzene rings is 4. The van der Waals surface area contributed by atoms with Gasteiger partial charge in [-0.25, -0.2) is 10.9 Å². The van der Waals surface area contributed by atoms with E-state index in [0.29, 0.717) is 19.2 Å². The molecule has 0 aliphatic heterocycles. The molecule has 0 saturated heterocycles. The predicted octanol–water partition coefficient (Wildman–Crippen LogP) is 7.03. The van der Waals surface area contributed by atoms with Crippen LogP contribution in [0, 0.1) is 0 Å². The number of hydrogen-bond acceptors (Lipinski definition) is 10. The van der Waals surface area contributed by atoms with Crippen molar-refractivity contribution in [1.29, 1.82) is 0 Å². The van der Waals surface area contributed by atoms with Gasteiger partial charge in [0.1, 0.15) is 11.5 Å². The van der Waals surface area contributed by atoms with E-state index in [2.05, 4.69) is 26.0 Å². The summed E-state index contributed by atoms with van der Waals surface area (Å²) in [6.45, 7) is 5.13. The van der Waals surface area contributed by atoms with E-state index in [1.54, 1.807) is 12.4 Å². The van der Waals surface area contributed by atoms with E-state index in [-0.39, 0.29) is 11.9 Å². The zero-order valence-electron chi connectivity index (χ0n) is 24.0. The summed E-state index contributed by atoms with van der Waals surface area (Å²) in [4.78, 5) is 15.8. The SMILES string of the molecule is CCOc1ccc(/C=N/Nc2nc(N/N=C/c3ccc(OCC)cc3)nc(N(c3ccccc3)c3ccccc3)n2)cc1. The van der Waals surface area contributed by atoms with Crippen molar-refractivity contribution < 1.29 is 9.47 Å². The molecule has 1 heterocycles. The van der Waals surface area contributed by atoms with Crippen molar-refractivity contribution in [2.45, 2.75) is 13.8 Å². The number of hydrazone groups is 2. The number of rotatable bonds is 13. The molecule has 5 aromatic rings. The molecule has 10 nitrogen and oxygen atoms in total. The topological polar surface area (TPSA) is 109 Å². The molecule has 0 fully saturated rings. The molecule has 5 rings (SSSR count). The summed E-state index contributed by atoms with van der Waals surface area (Å²) in [5, 5.41) is 8.72. The zero-order valence-corrected chi connectivity index (χ0v) is 24.0. The molecule has 216 valence electrons. The molecule has 10 heteroatoms. The van der Waals surface area contributed by atoms with Crippen LogP contribution in [0.25, 0.3) is 0 Å². The Kier molecular flexibility index (Phi) is 9.86. The van der Waals surface area contributed by atoms with Crippen molar-refractivity contribution in [3.8, 4) is 11.5 Å². The van der Waals surface area contributed by atoms with Crippen LogP contribution in [0.5, 0.6) is 11.5 Å². The normalized spacial score (nSPS) is 11.0. The highest BCUT2D eigenvalue weighted by Crippen LogP contribution is 2.32. The van der Waals surface area contributed by atoms with Crippen LogP contribution in [0.2, 0.25) is 0 Å². The molecule has 43 heavy (non-hydrogen) atoms. The molecule has 0 spiro atoms. The highest BCUT2D eigenvalue weighted by Gasteiger charge is 2.17. The fraction of sp³-hybridized carbons (Fsp3) is 0.121. The van der Waals surface area contributed by atoms with Crippen molar-refractivity contribution in [2.24, 2.45) is 10.2 Å². The smallest absolute Gasteiger partial charge is 0.250 e. The number of para-hydroxylation sites is 2. The molecule has 2 N–H and O–H groups in total. The standard InChI is InChI=1S/C33H32N8O2/c1-3-42-29-19-15-25(16-20-29)23-34-39-31-36-32(40-35-24-26-17-21-30(22-18-26)43-4-2)38-33(37-31)41(27-11-7-5-8-12-27)28-13-9-6-10-14-28/h5-24H,3-4H2,1-2H3,(H2,36,37,38,39,40)/b34-23+,35-24+. The summed E-state index contributed by atoms with van der Waals surface area (Å²) in [5.74, 6) is 2.46. The van der Waals surface area contributed by atoms with E-state index in [0.717, 1.165) is 34.0 Å². The maximum Gasteiger partial charge on any atom is 0.250 e. The monoisotopic (exact) mass is 572 g/mol. The van der Waals surface area contributed by atoms with Crippen LogP contribution in [0.3, 0.4) is 0 Å². The van der Waals surface area contributed by atoms with Gasteiger partial charge in [0.2, 0.25) is 17.8 Å². The van der Waals surface area contributed by atoms with Crippen molar-refractivity contribution in [3.63, 3.8) is 0 Å². The third-order valence-electron chi connectivity index (χ3n) is 5.99. The fourth-order valence-electron chi connectivity index (χ4n) is 4.06. The number of ether oxygens (including phenoxy) is 2. The summed E-state index contributed by atoms with van der Waals surface area (Å²) < 4.78 is 11.0. The van der Waals surface area contributed by atoms with E-state index >= 15 is 0 Å². The number of nitrogens with one attached hydrogen (secondary N) is 2. The highest BCUT2D eigenvalue weighted by atomic mass is 16.5. The van der Waals surface area contributed by atoms with Crippen LogP contribution < -0.4 is 25.2 Å². The molecule has 0 radical (unpaired) electrons. The second-order valence-electron chi connectivity index (χ2n) is 9.03. The van der Waals surface area contributed by atoms with E-state index in [4.69, 9.17) is 19.4 Å². The van der Waals surface area contributed by atoms with Crippen molar-refractivity contribution in [1.82, 2.24) is 15.0 Å². The largest absolute Gasteiger partial charge is 0.494 e. The minimum atomic E-state index is 0.239. The zero-order chi connectivity index (χ0) is 29.7. The lowest BCUT2D eigenvalue weighted by Crippen LogP contribution is -2.16. The van der Waals surface area contributed by atoms with Gasteiger partial charge in [-0.1, -0.05) is 36.4 Å². The Morgan fingerprint density at radius 2 is 1.00 bits per heavy atom. The number of anilines is 5. The minimum Gasteiger partial charge on any atom is -0.494 e. The van der Waals surface area contributed by atoms with Crippen LogP contribution in [0.4, 0.5) is 29.2 Å². The van der Waals surface area contributed by atoms with Gasteiger partial charge in [0.25, 0.3) is 0 Å². The molecule has 0 aliphatic carbocycles. The average Bonchev–Trinajstić information content (AvgIpc) is 3.04. The van der Waals surface area contributed by atoms with Crippen LogP contribution >= 0.6 is 0 Å². The molecule has 0 saturated carbocycles. The van der Waals surface area contributed by atoms with Gasteiger partial charge in [-0.3, -0.25) is 4.90 Å². The summed E-state index contributed by atoms with van der Waals surface area (Å²) in [6, 6.07) is 35.0. The lowest BCUT2D eigenvalue weighted by molar-refractivity contribution is 0.340. The molecule has 0 atom stereocenters. The Morgan fingerprint density at radius 1 is 0.581 bits per heavy atom. The van der Waals surface area contributed by atoms with Crippen LogP contribution in [-0.2, 0) is 0 Å². The van der Waals surface area contributed by atoms with Gasteiger partial charge >= 0.3 is 0 Å². The van der Waals surface area contributed by atoms with Gasteiger partial charge in [0.05, 0.1) is 25.6 Å². The number of hydrogen-bond donors (Lipinski definition) is 2. The Hall–Kier alpha value is -5.77. The first-order chi connectivity index (χ1) is 21.2. The third kappa shape index (κ3) is 8.14. The molecule has 4 aromatic carbocycles. The van der Waals surface area contributed by atoms with Gasteiger partial charge in [-0.2, -0.15) is 25.2 Å². The third-order valence-corrected chi connectivity index (χ3v) is 5.99. The van der Waals surface area contributed by atoms with Gasteiger partial charge < -0.3 is 9.47 Å². The summed E-state index contributed by atoms with van der Waals surface area (Å²) >= 11 is 0. The average molecular weight is 573 g/mol. The lowest BCUT2D eigenvalue weighted by Gasteiger charge is -2.23. The Labute approximate surface area is 250 Å². The molecule has 0 bridgehead atoms. The second kappa shape index (κ2) is 14.7. The van der Waals surface area contributed by atoms with Crippen molar-refractivity contribution >= 4 is 41.6 Å². The molecular formula is C33H32N8O2. The van der Waals surface area contributed by atoms with E-state index in [9.17, 15) is 0 Å².